The van der Waals surface area contributed by atoms with Gasteiger partial charge in [0, 0.05) is 23.9 Å². The second-order valence-corrected chi connectivity index (χ2v) is 5.04. The largest absolute Gasteiger partial charge is 0.357 e. The van der Waals surface area contributed by atoms with Gasteiger partial charge in [0.1, 0.15) is 0 Å². The van der Waals surface area contributed by atoms with E-state index in [1.165, 1.54) is 4.88 Å². The summed E-state index contributed by atoms with van der Waals surface area (Å²) < 4.78 is 0. The van der Waals surface area contributed by atoms with Gasteiger partial charge in [0.2, 0.25) is 0 Å². The zero-order valence-corrected chi connectivity index (χ0v) is 11.8. The molecule has 2 N–H and O–H groups in total. The molecule has 0 aliphatic carbocycles. The van der Waals surface area contributed by atoms with Crippen molar-refractivity contribution in [1.82, 2.24) is 10.6 Å². The Kier molecular flexibility index (Phi) is 6.70. The van der Waals surface area contributed by atoms with Gasteiger partial charge in [-0.3, -0.25) is 4.99 Å². The molecule has 1 unspecified atom stereocenters. The zero-order chi connectivity index (χ0) is 12.5. The fourth-order valence-electron chi connectivity index (χ4n) is 1.48. The molecule has 17 heavy (non-hydrogen) atoms. The standard InChI is InChI=1S/C13H23N3S/c1-4-8-15-13(14-5-2)16-10-11(3)12-7-6-9-17-12/h6-7,9,11H,4-5,8,10H2,1-3H3,(H2,14,15,16). The molecule has 0 aliphatic heterocycles. The fourth-order valence-corrected chi connectivity index (χ4v) is 2.25. The molecule has 0 spiro atoms. The quantitative estimate of drug-likeness (QED) is 0.604. The predicted molar refractivity (Wildman–Crippen MR) is 77.0 cm³/mol. The highest BCUT2D eigenvalue weighted by molar-refractivity contribution is 7.10. The van der Waals surface area contributed by atoms with E-state index in [2.05, 4.69) is 53.9 Å². The third-order valence-corrected chi connectivity index (χ3v) is 3.54. The zero-order valence-electron chi connectivity index (χ0n) is 11.0. The third-order valence-electron chi connectivity index (χ3n) is 2.44. The first-order valence-electron chi connectivity index (χ1n) is 6.33. The minimum Gasteiger partial charge on any atom is -0.357 e. The molecule has 1 aromatic rings. The van der Waals surface area contributed by atoms with E-state index in [9.17, 15) is 0 Å². The van der Waals surface area contributed by atoms with Gasteiger partial charge in [-0.05, 0) is 24.8 Å². The van der Waals surface area contributed by atoms with Gasteiger partial charge in [-0.2, -0.15) is 0 Å². The first-order valence-corrected chi connectivity index (χ1v) is 7.21. The molecule has 0 radical (unpaired) electrons. The summed E-state index contributed by atoms with van der Waals surface area (Å²) >= 11 is 1.80. The number of rotatable bonds is 6. The van der Waals surface area contributed by atoms with Gasteiger partial charge in [-0.25, -0.2) is 0 Å². The molecule has 0 saturated heterocycles. The van der Waals surface area contributed by atoms with Gasteiger partial charge in [0.25, 0.3) is 0 Å². The lowest BCUT2D eigenvalue weighted by atomic mass is 10.1. The van der Waals surface area contributed by atoms with Crippen molar-refractivity contribution >= 4 is 17.3 Å². The summed E-state index contributed by atoms with van der Waals surface area (Å²) in [5, 5.41) is 8.69. The van der Waals surface area contributed by atoms with Crippen molar-refractivity contribution in [2.24, 2.45) is 4.99 Å². The Morgan fingerprint density at radius 2 is 2.24 bits per heavy atom. The molecular weight excluding hydrogens is 230 g/mol. The molecule has 0 saturated carbocycles. The summed E-state index contributed by atoms with van der Waals surface area (Å²) in [6, 6.07) is 4.28. The minimum absolute atomic E-state index is 0.493. The Bertz CT molecular complexity index is 319. The molecule has 0 fully saturated rings. The maximum Gasteiger partial charge on any atom is 0.191 e. The Hall–Kier alpha value is -1.03. The molecule has 0 bridgehead atoms. The number of guanidine groups is 1. The van der Waals surface area contributed by atoms with E-state index in [1.807, 2.05) is 0 Å². The van der Waals surface area contributed by atoms with Gasteiger partial charge in [0.15, 0.2) is 5.96 Å². The molecule has 1 rings (SSSR count). The average molecular weight is 253 g/mol. The number of aliphatic imine (C=N–C) groups is 1. The molecule has 0 amide bonds. The molecule has 1 aromatic heterocycles. The van der Waals surface area contributed by atoms with Crippen LogP contribution in [0.15, 0.2) is 22.5 Å². The summed E-state index contributed by atoms with van der Waals surface area (Å²) in [6.45, 7) is 9.18. The molecule has 1 heterocycles. The first-order chi connectivity index (χ1) is 8.27. The highest BCUT2D eigenvalue weighted by Gasteiger charge is 2.05. The van der Waals surface area contributed by atoms with Crippen molar-refractivity contribution in [2.45, 2.75) is 33.1 Å². The summed E-state index contributed by atoms with van der Waals surface area (Å²) in [4.78, 5) is 6.01. The van der Waals surface area contributed by atoms with Crippen LogP contribution in [-0.4, -0.2) is 25.6 Å². The average Bonchev–Trinajstić information content (AvgIpc) is 2.86. The highest BCUT2D eigenvalue weighted by atomic mass is 32.1. The maximum atomic E-state index is 4.61. The maximum absolute atomic E-state index is 4.61. The van der Waals surface area contributed by atoms with Gasteiger partial charge in [-0.1, -0.05) is 19.9 Å². The van der Waals surface area contributed by atoms with Crippen LogP contribution < -0.4 is 10.6 Å². The van der Waals surface area contributed by atoms with Crippen LogP contribution in [0.1, 0.15) is 38.0 Å². The van der Waals surface area contributed by atoms with Crippen molar-refractivity contribution in [1.29, 1.82) is 0 Å². The number of nitrogens with zero attached hydrogens (tertiary/aromatic N) is 1. The van der Waals surface area contributed by atoms with Crippen LogP contribution in [0, 0.1) is 0 Å². The van der Waals surface area contributed by atoms with Gasteiger partial charge >= 0.3 is 0 Å². The van der Waals surface area contributed by atoms with E-state index in [1.54, 1.807) is 11.3 Å². The normalized spacial score (nSPS) is 13.5. The van der Waals surface area contributed by atoms with Crippen LogP contribution in [0.3, 0.4) is 0 Å². The fraction of sp³-hybridized carbons (Fsp3) is 0.615. The van der Waals surface area contributed by atoms with Gasteiger partial charge in [-0.15, -0.1) is 11.3 Å². The number of nitrogens with one attached hydrogen (secondary N) is 2. The number of hydrogen-bond donors (Lipinski definition) is 2. The van der Waals surface area contributed by atoms with Crippen LogP contribution >= 0.6 is 11.3 Å². The van der Waals surface area contributed by atoms with Crippen LogP contribution in [-0.2, 0) is 0 Å². The summed E-state index contributed by atoms with van der Waals surface area (Å²) in [7, 11) is 0. The monoisotopic (exact) mass is 253 g/mol. The van der Waals surface area contributed by atoms with Crippen LogP contribution in [0.5, 0.6) is 0 Å². The molecule has 0 aliphatic rings. The van der Waals surface area contributed by atoms with Crippen LogP contribution in [0.25, 0.3) is 0 Å². The topological polar surface area (TPSA) is 36.4 Å². The molecule has 0 aromatic carbocycles. The second-order valence-electron chi connectivity index (χ2n) is 4.06. The summed E-state index contributed by atoms with van der Waals surface area (Å²) in [5.41, 5.74) is 0. The Morgan fingerprint density at radius 3 is 2.82 bits per heavy atom. The highest BCUT2D eigenvalue weighted by Crippen LogP contribution is 2.20. The second kappa shape index (κ2) is 8.12. The van der Waals surface area contributed by atoms with E-state index < -0.39 is 0 Å². The lowest BCUT2D eigenvalue weighted by Crippen LogP contribution is -2.37. The van der Waals surface area contributed by atoms with E-state index in [0.717, 1.165) is 32.0 Å². The van der Waals surface area contributed by atoms with Crippen LogP contribution in [0.2, 0.25) is 0 Å². The number of thiophene rings is 1. The molecule has 1 atom stereocenters. The lowest BCUT2D eigenvalue weighted by molar-refractivity contribution is 0.749. The molecule has 3 nitrogen and oxygen atoms in total. The van der Waals surface area contributed by atoms with Crippen molar-refractivity contribution in [3.63, 3.8) is 0 Å². The molecular formula is C13H23N3S. The van der Waals surface area contributed by atoms with Gasteiger partial charge < -0.3 is 10.6 Å². The van der Waals surface area contributed by atoms with Gasteiger partial charge in [0.05, 0.1) is 6.54 Å². The van der Waals surface area contributed by atoms with Crippen LogP contribution in [0.4, 0.5) is 0 Å². The van der Waals surface area contributed by atoms with Crippen molar-refractivity contribution in [3.8, 4) is 0 Å². The Balaban J connectivity index is 2.47. The number of hydrogen-bond acceptors (Lipinski definition) is 2. The Morgan fingerprint density at radius 1 is 1.41 bits per heavy atom. The molecule has 4 heteroatoms. The smallest absolute Gasteiger partial charge is 0.191 e. The Labute approximate surface area is 108 Å². The summed E-state index contributed by atoms with van der Waals surface area (Å²) in [5.74, 6) is 1.42. The van der Waals surface area contributed by atoms with E-state index in [-0.39, 0.29) is 0 Å². The van der Waals surface area contributed by atoms with Crippen molar-refractivity contribution in [3.05, 3.63) is 22.4 Å². The minimum atomic E-state index is 0.493. The van der Waals surface area contributed by atoms with E-state index in [4.69, 9.17) is 0 Å². The van der Waals surface area contributed by atoms with Crippen molar-refractivity contribution < 1.29 is 0 Å². The van der Waals surface area contributed by atoms with Crippen molar-refractivity contribution in [2.75, 3.05) is 19.6 Å². The van der Waals surface area contributed by atoms with E-state index >= 15 is 0 Å². The molecule has 96 valence electrons. The lowest BCUT2D eigenvalue weighted by Gasteiger charge is -2.12. The van der Waals surface area contributed by atoms with E-state index in [0.29, 0.717) is 5.92 Å². The third kappa shape index (κ3) is 5.22. The first kappa shape index (κ1) is 14.0. The predicted octanol–water partition coefficient (Wildman–Crippen LogP) is 2.82. The SMILES string of the molecule is CCCNC(=NCC(C)c1cccs1)NCC. The summed E-state index contributed by atoms with van der Waals surface area (Å²) in [6.07, 6.45) is 1.12.